The molecular formula is C15H16BrNOS. The first-order valence-corrected chi connectivity index (χ1v) is 8.08. The molecule has 1 aromatic heterocycles. The molecule has 1 aliphatic heterocycles. The summed E-state index contributed by atoms with van der Waals surface area (Å²) in [5, 5.41) is 5.52. The SMILES string of the molecule is CNC(c1sccc1Br)C1OCCc2ccccc21. The molecule has 2 unspecified atom stereocenters. The minimum absolute atomic E-state index is 0.0879. The monoisotopic (exact) mass is 337 g/mol. The summed E-state index contributed by atoms with van der Waals surface area (Å²) in [6.45, 7) is 0.794. The molecule has 0 fully saturated rings. The van der Waals surface area contributed by atoms with Gasteiger partial charge < -0.3 is 10.1 Å². The number of fused-ring (bicyclic) bond motifs is 1. The molecule has 2 nitrogen and oxygen atoms in total. The van der Waals surface area contributed by atoms with Gasteiger partial charge >= 0.3 is 0 Å². The Bertz CT molecular complexity index is 569. The first-order chi connectivity index (χ1) is 9.31. The molecule has 100 valence electrons. The molecule has 2 aromatic rings. The zero-order valence-electron chi connectivity index (χ0n) is 10.7. The van der Waals surface area contributed by atoms with E-state index in [4.69, 9.17) is 4.74 Å². The predicted molar refractivity (Wildman–Crippen MR) is 82.7 cm³/mol. The molecule has 1 aromatic carbocycles. The molecule has 0 bridgehead atoms. The van der Waals surface area contributed by atoms with Gasteiger partial charge in [-0.05, 0) is 52.0 Å². The van der Waals surface area contributed by atoms with Crippen LogP contribution < -0.4 is 5.32 Å². The average Bonchev–Trinajstić information content (AvgIpc) is 2.86. The van der Waals surface area contributed by atoms with Gasteiger partial charge in [0.1, 0.15) is 6.10 Å². The Kier molecular flexibility index (Phi) is 4.03. The number of halogens is 1. The van der Waals surface area contributed by atoms with Gasteiger partial charge in [-0.25, -0.2) is 0 Å². The highest BCUT2D eigenvalue weighted by atomic mass is 79.9. The summed E-state index contributed by atoms with van der Waals surface area (Å²) >= 11 is 5.39. The first kappa shape index (κ1) is 13.3. The van der Waals surface area contributed by atoms with Crippen LogP contribution in [0.25, 0.3) is 0 Å². The summed E-state index contributed by atoms with van der Waals surface area (Å²) in [5.41, 5.74) is 2.72. The van der Waals surface area contributed by atoms with Gasteiger partial charge in [-0.15, -0.1) is 11.3 Å². The van der Waals surface area contributed by atoms with E-state index >= 15 is 0 Å². The second-order valence-corrected chi connectivity index (χ2v) is 6.44. The van der Waals surface area contributed by atoms with Gasteiger partial charge in [0, 0.05) is 9.35 Å². The molecular weight excluding hydrogens is 322 g/mol. The van der Waals surface area contributed by atoms with E-state index in [2.05, 4.69) is 57.0 Å². The third kappa shape index (κ3) is 2.50. The summed E-state index contributed by atoms with van der Waals surface area (Å²) < 4.78 is 7.22. The van der Waals surface area contributed by atoms with Crippen LogP contribution in [0.4, 0.5) is 0 Å². The lowest BCUT2D eigenvalue weighted by Gasteiger charge is -2.32. The van der Waals surface area contributed by atoms with Gasteiger partial charge in [0.05, 0.1) is 12.6 Å². The largest absolute Gasteiger partial charge is 0.371 e. The van der Waals surface area contributed by atoms with E-state index in [1.165, 1.54) is 16.0 Å². The number of ether oxygens (including phenoxy) is 1. The maximum Gasteiger partial charge on any atom is 0.103 e. The van der Waals surface area contributed by atoms with Crippen LogP contribution in [0.5, 0.6) is 0 Å². The molecule has 1 N–H and O–H groups in total. The van der Waals surface area contributed by atoms with Gasteiger partial charge in [-0.2, -0.15) is 0 Å². The Morgan fingerprint density at radius 1 is 1.37 bits per heavy atom. The van der Waals surface area contributed by atoms with E-state index in [0.717, 1.165) is 17.5 Å². The number of rotatable bonds is 3. The van der Waals surface area contributed by atoms with Gasteiger partial charge in [0.25, 0.3) is 0 Å². The van der Waals surface area contributed by atoms with Crippen molar-refractivity contribution >= 4 is 27.3 Å². The van der Waals surface area contributed by atoms with Crippen molar-refractivity contribution in [1.82, 2.24) is 5.32 Å². The topological polar surface area (TPSA) is 21.3 Å². The molecule has 3 rings (SSSR count). The molecule has 1 aliphatic rings. The summed E-state index contributed by atoms with van der Waals surface area (Å²) in [6.07, 6.45) is 1.10. The quantitative estimate of drug-likeness (QED) is 0.910. The van der Waals surface area contributed by atoms with Crippen molar-refractivity contribution in [3.05, 3.63) is 56.2 Å². The van der Waals surface area contributed by atoms with E-state index in [-0.39, 0.29) is 12.1 Å². The molecule has 0 spiro atoms. The van der Waals surface area contributed by atoms with Gasteiger partial charge in [-0.3, -0.25) is 0 Å². The highest BCUT2D eigenvalue weighted by Crippen LogP contribution is 2.41. The molecule has 2 atom stereocenters. The fourth-order valence-corrected chi connectivity index (χ4v) is 4.40. The molecule has 19 heavy (non-hydrogen) atoms. The Labute approximate surface area is 125 Å². The molecule has 0 saturated heterocycles. The van der Waals surface area contributed by atoms with Gasteiger partial charge in [-0.1, -0.05) is 24.3 Å². The van der Waals surface area contributed by atoms with Crippen LogP contribution in [0.3, 0.4) is 0 Å². The van der Waals surface area contributed by atoms with Crippen LogP contribution in [0.1, 0.15) is 28.1 Å². The van der Waals surface area contributed by atoms with Crippen molar-refractivity contribution in [2.24, 2.45) is 0 Å². The Hall–Kier alpha value is -0.680. The van der Waals surface area contributed by atoms with Crippen LogP contribution in [-0.2, 0) is 11.2 Å². The third-order valence-corrected chi connectivity index (χ3v) is 5.53. The van der Waals surface area contributed by atoms with Crippen molar-refractivity contribution in [2.45, 2.75) is 18.6 Å². The Balaban J connectivity index is 2.00. The molecule has 0 aliphatic carbocycles. The summed E-state index contributed by atoms with van der Waals surface area (Å²) in [6, 6.07) is 10.9. The fourth-order valence-electron chi connectivity index (χ4n) is 2.65. The van der Waals surface area contributed by atoms with Crippen molar-refractivity contribution in [3.63, 3.8) is 0 Å². The molecule has 4 heteroatoms. The first-order valence-electron chi connectivity index (χ1n) is 6.41. The van der Waals surface area contributed by atoms with Crippen LogP contribution in [0.2, 0.25) is 0 Å². The van der Waals surface area contributed by atoms with Crippen molar-refractivity contribution in [2.75, 3.05) is 13.7 Å². The number of thiophene rings is 1. The second-order valence-electron chi connectivity index (χ2n) is 4.64. The molecule has 0 saturated carbocycles. The minimum Gasteiger partial charge on any atom is -0.371 e. The molecule has 0 amide bonds. The average molecular weight is 338 g/mol. The van der Waals surface area contributed by atoms with E-state index in [9.17, 15) is 0 Å². The number of nitrogens with one attached hydrogen (secondary N) is 1. The zero-order valence-corrected chi connectivity index (χ0v) is 13.1. The maximum atomic E-state index is 6.06. The number of benzene rings is 1. The second kappa shape index (κ2) is 5.75. The lowest BCUT2D eigenvalue weighted by molar-refractivity contribution is 0.0172. The van der Waals surface area contributed by atoms with E-state index in [1.807, 2.05) is 7.05 Å². The highest BCUT2D eigenvalue weighted by Gasteiger charge is 2.30. The van der Waals surface area contributed by atoms with Crippen LogP contribution in [0, 0.1) is 0 Å². The standard InChI is InChI=1S/C15H16BrNOS/c1-17-13(15-12(16)7-9-19-15)14-11-5-3-2-4-10(11)6-8-18-14/h2-5,7,9,13-14,17H,6,8H2,1H3. The zero-order chi connectivity index (χ0) is 13.2. The number of hydrogen-bond acceptors (Lipinski definition) is 3. The number of hydrogen-bond donors (Lipinski definition) is 1. The van der Waals surface area contributed by atoms with E-state index < -0.39 is 0 Å². The molecule has 2 heterocycles. The Morgan fingerprint density at radius 3 is 2.95 bits per heavy atom. The minimum atomic E-state index is 0.0879. The predicted octanol–water partition coefficient (Wildman–Crippen LogP) is 4.09. The number of likely N-dealkylation sites (N-methyl/N-ethyl adjacent to an activating group) is 1. The van der Waals surface area contributed by atoms with Crippen LogP contribution in [-0.4, -0.2) is 13.7 Å². The summed E-state index contributed by atoms with van der Waals surface area (Å²) in [5.74, 6) is 0. The maximum absolute atomic E-state index is 6.06. The van der Waals surface area contributed by atoms with Crippen LogP contribution >= 0.6 is 27.3 Å². The van der Waals surface area contributed by atoms with E-state index in [1.54, 1.807) is 11.3 Å². The highest BCUT2D eigenvalue weighted by molar-refractivity contribution is 9.10. The normalized spacial score (nSPS) is 20.0. The van der Waals surface area contributed by atoms with Crippen molar-refractivity contribution < 1.29 is 4.74 Å². The fraction of sp³-hybridized carbons (Fsp3) is 0.333. The van der Waals surface area contributed by atoms with E-state index in [0.29, 0.717) is 0 Å². The van der Waals surface area contributed by atoms with Crippen LogP contribution in [0.15, 0.2) is 40.2 Å². The lowest BCUT2D eigenvalue weighted by Crippen LogP contribution is -2.29. The van der Waals surface area contributed by atoms with Gasteiger partial charge in [0.2, 0.25) is 0 Å². The van der Waals surface area contributed by atoms with Crippen molar-refractivity contribution in [3.8, 4) is 0 Å². The lowest BCUT2D eigenvalue weighted by atomic mass is 9.92. The van der Waals surface area contributed by atoms with Gasteiger partial charge in [0.15, 0.2) is 0 Å². The third-order valence-electron chi connectivity index (χ3n) is 3.57. The van der Waals surface area contributed by atoms with Crippen molar-refractivity contribution in [1.29, 1.82) is 0 Å². The Morgan fingerprint density at radius 2 is 2.21 bits per heavy atom. The smallest absolute Gasteiger partial charge is 0.103 e. The summed E-state index contributed by atoms with van der Waals surface area (Å²) in [4.78, 5) is 1.30. The molecule has 0 radical (unpaired) electrons. The summed E-state index contributed by atoms with van der Waals surface area (Å²) in [7, 11) is 2.00.